The number of hydrogen-bond acceptors (Lipinski definition) is 4. The predicted octanol–water partition coefficient (Wildman–Crippen LogP) is 5.99. The van der Waals surface area contributed by atoms with E-state index in [4.69, 9.17) is 9.47 Å². The Morgan fingerprint density at radius 1 is 1.28 bits per heavy atom. The van der Waals surface area contributed by atoms with Gasteiger partial charge in [-0.15, -0.1) is 0 Å². The van der Waals surface area contributed by atoms with Gasteiger partial charge in [-0.05, 0) is 73.8 Å². The molecule has 0 amide bonds. The van der Waals surface area contributed by atoms with Gasteiger partial charge in [0.15, 0.2) is 0 Å². The van der Waals surface area contributed by atoms with E-state index in [-0.39, 0.29) is 35.1 Å². The Morgan fingerprint density at radius 2 is 2.03 bits per heavy atom. The SMILES string of the molecule is CCOC(=O)C(C)C1CCC(c2ccnc3ccc(C(F)(F)F)cc23)C(C2(C)COC2)C1. The lowest BCUT2D eigenvalue weighted by Crippen LogP contribution is -2.50. The summed E-state index contributed by atoms with van der Waals surface area (Å²) in [4.78, 5) is 16.7. The normalized spacial score (nSPS) is 26.4. The maximum absolute atomic E-state index is 13.4. The van der Waals surface area contributed by atoms with Crippen LogP contribution in [0, 0.1) is 23.2 Å². The summed E-state index contributed by atoms with van der Waals surface area (Å²) >= 11 is 0. The molecule has 1 saturated heterocycles. The van der Waals surface area contributed by atoms with Crippen molar-refractivity contribution in [3.63, 3.8) is 0 Å². The zero-order valence-electron chi connectivity index (χ0n) is 18.7. The summed E-state index contributed by atoms with van der Waals surface area (Å²) in [5, 5.41) is 0.568. The van der Waals surface area contributed by atoms with E-state index in [1.807, 2.05) is 13.0 Å². The van der Waals surface area contributed by atoms with Crippen LogP contribution in [0.3, 0.4) is 0 Å². The van der Waals surface area contributed by atoms with Crippen molar-refractivity contribution in [2.75, 3.05) is 19.8 Å². The second-order valence-electron chi connectivity index (χ2n) is 9.60. The topological polar surface area (TPSA) is 48.4 Å². The molecule has 1 saturated carbocycles. The standard InChI is InChI=1S/C25H30F3NO3/c1-4-32-23(30)15(2)16-5-7-19(21(11-16)24(3)13-31-14-24)18-9-10-29-22-8-6-17(12-20(18)22)25(26,27)28/h6,8-10,12,15-16,19,21H,4-5,7,11,13-14H2,1-3H3. The highest BCUT2D eigenvalue weighted by atomic mass is 19.4. The lowest BCUT2D eigenvalue weighted by atomic mass is 9.58. The number of carbonyl (C=O) groups excluding carboxylic acids is 1. The predicted molar refractivity (Wildman–Crippen MR) is 115 cm³/mol. The molecule has 4 nitrogen and oxygen atoms in total. The van der Waals surface area contributed by atoms with Gasteiger partial charge >= 0.3 is 12.1 Å². The maximum Gasteiger partial charge on any atom is 0.416 e. The average molecular weight is 450 g/mol. The zero-order valence-corrected chi connectivity index (χ0v) is 18.7. The zero-order chi connectivity index (χ0) is 23.1. The molecule has 1 aliphatic heterocycles. The summed E-state index contributed by atoms with van der Waals surface area (Å²) < 4.78 is 51.1. The van der Waals surface area contributed by atoms with Gasteiger partial charge in [0.1, 0.15) is 0 Å². The Kier molecular flexibility index (Phi) is 6.23. The molecule has 2 aliphatic rings. The lowest BCUT2D eigenvalue weighted by Gasteiger charge is -2.51. The minimum absolute atomic E-state index is 0.0606. The minimum Gasteiger partial charge on any atom is -0.466 e. The van der Waals surface area contributed by atoms with Crippen LogP contribution in [0.1, 0.15) is 57.1 Å². The number of alkyl halides is 3. The fourth-order valence-electron chi connectivity index (χ4n) is 5.57. The molecule has 4 unspecified atom stereocenters. The summed E-state index contributed by atoms with van der Waals surface area (Å²) in [7, 11) is 0. The van der Waals surface area contributed by atoms with Crippen molar-refractivity contribution in [3.8, 4) is 0 Å². The van der Waals surface area contributed by atoms with Gasteiger partial charge in [0.2, 0.25) is 0 Å². The molecular formula is C25H30F3NO3. The molecule has 4 rings (SSSR count). The van der Waals surface area contributed by atoms with E-state index in [2.05, 4.69) is 11.9 Å². The number of halogens is 3. The Balaban J connectivity index is 1.71. The van der Waals surface area contributed by atoms with Crippen molar-refractivity contribution in [1.29, 1.82) is 0 Å². The lowest BCUT2D eigenvalue weighted by molar-refractivity contribution is -0.159. The summed E-state index contributed by atoms with van der Waals surface area (Å²) in [6.45, 7) is 7.54. The van der Waals surface area contributed by atoms with E-state index in [0.29, 0.717) is 30.7 Å². The molecule has 0 bridgehead atoms. The van der Waals surface area contributed by atoms with Crippen LogP contribution in [0.5, 0.6) is 0 Å². The fourth-order valence-corrected chi connectivity index (χ4v) is 5.57. The number of hydrogen-bond donors (Lipinski definition) is 0. The molecule has 32 heavy (non-hydrogen) atoms. The third kappa shape index (κ3) is 4.24. The first-order valence-electron chi connectivity index (χ1n) is 11.3. The second kappa shape index (κ2) is 8.65. The molecule has 2 aromatic rings. The molecule has 2 heterocycles. The van der Waals surface area contributed by atoms with Crippen LogP contribution in [0.2, 0.25) is 0 Å². The number of esters is 1. The van der Waals surface area contributed by atoms with E-state index in [0.717, 1.165) is 30.9 Å². The molecule has 7 heteroatoms. The van der Waals surface area contributed by atoms with Crippen molar-refractivity contribution in [2.24, 2.45) is 23.2 Å². The second-order valence-corrected chi connectivity index (χ2v) is 9.60. The first kappa shape index (κ1) is 23.0. The molecule has 2 fully saturated rings. The molecular weight excluding hydrogens is 419 g/mol. The van der Waals surface area contributed by atoms with E-state index >= 15 is 0 Å². The highest BCUT2D eigenvalue weighted by Crippen LogP contribution is 2.54. The molecule has 1 aromatic heterocycles. The quantitative estimate of drug-likeness (QED) is 0.526. The smallest absolute Gasteiger partial charge is 0.416 e. The number of aromatic nitrogens is 1. The van der Waals surface area contributed by atoms with Crippen molar-refractivity contribution >= 4 is 16.9 Å². The molecule has 174 valence electrons. The summed E-state index contributed by atoms with van der Waals surface area (Å²) in [6.07, 6.45) is -0.242. The first-order valence-corrected chi connectivity index (χ1v) is 11.3. The van der Waals surface area contributed by atoms with Crippen LogP contribution in [-0.4, -0.2) is 30.8 Å². The first-order chi connectivity index (χ1) is 15.1. The third-order valence-electron chi connectivity index (χ3n) is 7.52. The van der Waals surface area contributed by atoms with Crippen LogP contribution < -0.4 is 0 Å². The van der Waals surface area contributed by atoms with Gasteiger partial charge in [-0.25, -0.2) is 0 Å². The molecule has 4 atom stereocenters. The van der Waals surface area contributed by atoms with Crippen molar-refractivity contribution < 1.29 is 27.4 Å². The molecule has 0 radical (unpaired) electrons. The number of benzene rings is 1. The van der Waals surface area contributed by atoms with Crippen molar-refractivity contribution in [2.45, 2.75) is 52.1 Å². The molecule has 0 spiro atoms. The molecule has 0 N–H and O–H groups in total. The fraction of sp³-hybridized carbons (Fsp3) is 0.600. The highest BCUT2D eigenvalue weighted by molar-refractivity contribution is 5.83. The Labute approximate surface area is 186 Å². The highest BCUT2D eigenvalue weighted by Gasteiger charge is 2.49. The number of nitrogens with zero attached hydrogens (tertiary/aromatic N) is 1. The van der Waals surface area contributed by atoms with Crippen molar-refractivity contribution in [3.05, 3.63) is 41.6 Å². The number of ether oxygens (including phenoxy) is 2. The number of carbonyl (C=O) groups is 1. The third-order valence-corrected chi connectivity index (χ3v) is 7.52. The number of rotatable bonds is 5. The summed E-state index contributed by atoms with van der Waals surface area (Å²) in [6, 6.07) is 5.66. The maximum atomic E-state index is 13.4. The van der Waals surface area contributed by atoms with Crippen LogP contribution >= 0.6 is 0 Å². The van der Waals surface area contributed by atoms with Crippen LogP contribution in [0.15, 0.2) is 30.5 Å². The van der Waals surface area contributed by atoms with Gasteiger partial charge in [-0.3, -0.25) is 9.78 Å². The van der Waals surface area contributed by atoms with Gasteiger partial charge in [0.25, 0.3) is 0 Å². The van der Waals surface area contributed by atoms with Crippen LogP contribution in [0.25, 0.3) is 10.9 Å². The molecule has 1 aromatic carbocycles. The van der Waals surface area contributed by atoms with E-state index in [1.54, 1.807) is 13.1 Å². The average Bonchev–Trinajstić information content (AvgIpc) is 2.75. The van der Waals surface area contributed by atoms with Crippen LogP contribution in [0.4, 0.5) is 13.2 Å². The van der Waals surface area contributed by atoms with Gasteiger partial charge < -0.3 is 9.47 Å². The Hall–Kier alpha value is -2.15. The van der Waals surface area contributed by atoms with E-state index in [9.17, 15) is 18.0 Å². The monoisotopic (exact) mass is 449 g/mol. The summed E-state index contributed by atoms with van der Waals surface area (Å²) in [5.41, 5.74) is 0.779. The van der Waals surface area contributed by atoms with E-state index < -0.39 is 11.7 Å². The molecule has 1 aliphatic carbocycles. The Morgan fingerprint density at radius 3 is 2.66 bits per heavy atom. The minimum atomic E-state index is -4.40. The van der Waals surface area contributed by atoms with Crippen molar-refractivity contribution in [1.82, 2.24) is 4.98 Å². The van der Waals surface area contributed by atoms with Gasteiger partial charge in [-0.2, -0.15) is 13.2 Å². The van der Waals surface area contributed by atoms with Gasteiger partial charge in [0, 0.05) is 17.0 Å². The largest absolute Gasteiger partial charge is 0.466 e. The van der Waals surface area contributed by atoms with Gasteiger partial charge in [-0.1, -0.05) is 13.8 Å². The van der Waals surface area contributed by atoms with E-state index in [1.165, 1.54) is 12.1 Å². The van der Waals surface area contributed by atoms with Gasteiger partial charge in [0.05, 0.1) is 36.8 Å². The number of pyridine rings is 1. The Bertz CT molecular complexity index is 986. The van der Waals surface area contributed by atoms with Crippen LogP contribution in [-0.2, 0) is 20.4 Å². The number of fused-ring (bicyclic) bond motifs is 1. The summed E-state index contributed by atoms with van der Waals surface area (Å²) in [5.74, 6) is 0.102.